The minimum absolute atomic E-state index is 0.00106. The number of carbonyl (C=O) groups excluding carboxylic acids is 5. The monoisotopic (exact) mass is 988 g/mol. The van der Waals surface area contributed by atoms with Crippen LogP contribution >= 0.6 is 0 Å². The number of amides is 5. The predicted octanol–water partition coefficient (Wildman–Crippen LogP) is 1.89. The number of piperazine rings is 1. The number of anilines is 2. The van der Waals surface area contributed by atoms with Crippen LogP contribution in [0.3, 0.4) is 0 Å². The van der Waals surface area contributed by atoms with E-state index in [9.17, 15) is 29.2 Å². The molecule has 0 aliphatic carbocycles. The largest absolute Gasteiger partial charge is 0.492 e. The van der Waals surface area contributed by atoms with E-state index in [1.807, 2.05) is 6.07 Å². The molecule has 0 saturated carbocycles. The van der Waals surface area contributed by atoms with Gasteiger partial charge in [0.25, 0.3) is 5.91 Å². The Labute approximate surface area is 421 Å². The summed E-state index contributed by atoms with van der Waals surface area (Å²) < 4.78 is 12.2. The summed E-state index contributed by atoms with van der Waals surface area (Å²) in [6, 6.07) is 15.7. The Hall–Kier alpha value is -7.34. The number of hydrogen-bond donors (Lipinski definition) is 7. The second-order valence-electron chi connectivity index (χ2n) is 19.0. The van der Waals surface area contributed by atoms with Gasteiger partial charge in [-0.25, -0.2) is 9.97 Å². The minimum atomic E-state index is -1.41. The van der Waals surface area contributed by atoms with Crippen molar-refractivity contribution in [2.75, 3.05) is 82.4 Å². The van der Waals surface area contributed by atoms with Gasteiger partial charge in [0, 0.05) is 69.6 Å². The summed E-state index contributed by atoms with van der Waals surface area (Å²) in [6.45, 7) is 14.7. The molecule has 0 spiro atoms. The maximum absolute atomic E-state index is 14.8. The van der Waals surface area contributed by atoms with Gasteiger partial charge in [-0.15, -0.1) is 0 Å². The van der Waals surface area contributed by atoms with Gasteiger partial charge < -0.3 is 62.6 Å². The molecule has 1 fully saturated rings. The van der Waals surface area contributed by atoms with Crippen LogP contribution in [0.4, 0.5) is 11.6 Å². The number of ether oxygens (including phenoxy) is 2. The number of nitrogens with two attached hydrogens (primary N) is 3. The van der Waals surface area contributed by atoms with Crippen molar-refractivity contribution in [1.29, 1.82) is 5.26 Å². The van der Waals surface area contributed by atoms with Crippen molar-refractivity contribution >= 4 is 41.2 Å². The van der Waals surface area contributed by atoms with Crippen molar-refractivity contribution in [2.24, 2.45) is 17.2 Å². The lowest BCUT2D eigenvalue weighted by atomic mass is 9.87. The topological polar surface area (TPSA) is 289 Å². The highest BCUT2D eigenvalue weighted by Gasteiger charge is 2.37. The van der Waals surface area contributed by atoms with E-state index >= 15 is 0 Å². The molecule has 4 aromatic rings. The lowest BCUT2D eigenvalue weighted by Crippen LogP contribution is -2.56. The molecular formula is C52H69N13O7. The summed E-state index contributed by atoms with van der Waals surface area (Å²) in [5, 5.41) is 20.0. The van der Waals surface area contributed by atoms with Gasteiger partial charge in [0.05, 0.1) is 23.0 Å². The van der Waals surface area contributed by atoms with E-state index in [1.54, 1.807) is 50.2 Å². The quantitative estimate of drug-likeness (QED) is 0.0790. The molecule has 72 heavy (non-hydrogen) atoms. The molecule has 3 aromatic carbocycles. The molecule has 10 N–H and O–H groups in total. The third-order valence-electron chi connectivity index (χ3n) is 12.8. The first-order valence-electron chi connectivity index (χ1n) is 24.3. The number of hydrogen-bond acceptors (Lipinski definition) is 15. The van der Waals surface area contributed by atoms with Crippen molar-refractivity contribution in [3.05, 3.63) is 94.3 Å². The third-order valence-corrected chi connectivity index (χ3v) is 12.8. The minimum Gasteiger partial charge on any atom is -0.492 e. The summed E-state index contributed by atoms with van der Waals surface area (Å²) in [5.41, 5.74) is 23.2. The van der Waals surface area contributed by atoms with Crippen LogP contribution in [-0.2, 0) is 31.0 Å². The summed E-state index contributed by atoms with van der Waals surface area (Å²) >= 11 is 0. The van der Waals surface area contributed by atoms with Crippen LogP contribution in [-0.4, -0.2) is 135 Å². The van der Waals surface area contributed by atoms with Crippen LogP contribution in [0, 0.1) is 25.2 Å². The maximum Gasteiger partial charge on any atom is 0.255 e. The number of carbonyl (C=O) groups is 5. The first kappa shape index (κ1) is 54.0. The highest BCUT2D eigenvalue weighted by molar-refractivity contribution is 6.00. The van der Waals surface area contributed by atoms with Gasteiger partial charge in [0.1, 0.15) is 55.4 Å². The number of benzene rings is 3. The second-order valence-corrected chi connectivity index (χ2v) is 19.0. The fraction of sp³-hybridized carbons (Fsp3) is 0.462. The molecule has 1 saturated heterocycles. The summed E-state index contributed by atoms with van der Waals surface area (Å²) in [6.07, 6.45) is 0.00456. The van der Waals surface area contributed by atoms with Gasteiger partial charge in [-0.2, -0.15) is 5.26 Å². The Morgan fingerprint density at radius 1 is 0.847 bits per heavy atom. The van der Waals surface area contributed by atoms with Gasteiger partial charge >= 0.3 is 0 Å². The van der Waals surface area contributed by atoms with Gasteiger partial charge in [-0.05, 0) is 92.2 Å². The van der Waals surface area contributed by atoms with E-state index in [4.69, 9.17) is 36.6 Å². The molecule has 20 nitrogen and oxygen atoms in total. The molecule has 2 aliphatic rings. The van der Waals surface area contributed by atoms with Crippen LogP contribution in [0.2, 0.25) is 0 Å². The normalized spacial score (nSPS) is 17.6. The van der Waals surface area contributed by atoms with Crippen molar-refractivity contribution < 1.29 is 33.4 Å². The molecular weight excluding hydrogens is 919 g/mol. The first-order valence-corrected chi connectivity index (χ1v) is 24.3. The van der Waals surface area contributed by atoms with Crippen LogP contribution in [0.15, 0.2) is 60.7 Å². The molecule has 4 bridgehead atoms. The predicted molar refractivity (Wildman–Crippen MR) is 274 cm³/mol. The number of nitriles is 1. The fourth-order valence-electron chi connectivity index (χ4n) is 8.87. The van der Waals surface area contributed by atoms with E-state index < -0.39 is 53.7 Å². The molecule has 2 aliphatic heterocycles. The molecule has 3 heterocycles. The smallest absolute Gasteiger partial charge is 0.255 e. The number of aromatic nitrogens is 2. The van der Waals surface area contributed by atoms with Crippen LogP contribution in [0.5, 0.6) is 11.5 Å². The molecule has 1 unspecified atom stereocenters. The van der Waals surface area contributed by atoms with Gasteiger partial charge in [0.15, 0.2) is 0 Å². The number of aryl methyl sites for hydroxylation is 2. The number of fused-ring (bicyclic) bond motifs is 5. The van der Waals surface area contributed by atoms with Crippen molar-refractivity contribution in [3.8, 4) is 28.7 Å². The first-order chi connectivity index (χ1) is 34.4. The second kappa shape index (κ2) is 24.2. The van der Waals surface area contributed by atoms with Crippen LogP contribution < -0.4 is 57.7 Å². The zero-order chi connectivity index (χ0) is 52.3. The average molecular weight is 988 g/mol. The summed E-state index contributed by atoms with van der Waals surface area (Å²) in [7, 11) is 1.43. The zero-order valence-corrected chi connectivity index (χ0v) is 42.3. The van der Waals surface area contributed by atoms with E-state index in [-0.39, 0.29) is 63.2 Å². The van der Waals surface area contributed by atoms with Crippen LogP contribution in [0.25, 0.3) is 11.1 Å². The SMILES string of the molecule is Cc1nc(N2CCN(c3ccc(C(C)(C)C)cc3)CC2)nc(C)c1C(=O)NC(CCN)C(=O)N(C)[C@@H]1C(=O)N[C@@H](C)C(=O)N[C@H](C(=O)NCC#N)Cc2ccc(OCCN)c(c2)-c2cc1ccc2OCCN. The zero-order valence-electron chi connectivity index (χ0n) is 42.3. The average Bonchev–Trinajstić information content (AvgIpc) is 3.35. The molecule has 4 atom stereocenters. The van der Waals surface area contributed by atoms with E-state index in [2.05, 4.69) is 76.1 Å². The fourth-order valence-corrected chi connectivity index (χ4v) is 8.87. The van der Waals surface area contributed by atoms with Crippen molar-refractivity contribution in [3.63, 3.8) is 0 Å². The van der Waals surface area contributed by atoms with Gasteiger partial charge in [-0.3, -0.25) is 24.0 Å². The lowest BCUT2D eigenvalue weighted by Gasteiger charge is -2.36. The number of nitrogens with one attached hydrogen (secondary N) is 4. The molecule has 1 aromatic heterocycles. The lowest BCUT2D eigenvalue weighted by molar-refractivity contribution is -0.141. The Bertz CT molecular complexity index is 2620. The molecule has 384 valence electrons. The van der Waals surface area contributed by atoms with Gasteiger partial charge in [0.2, 0.25) is 29.6 Å². The molecule has 0 radical (unpaired) electrons. The van der Waals surface area contributed by atoms with Crippen molar-refractivity contribution in [1.82, 2.24) is 36.1 Å². The van der Waals surface area contributed by atoms with Gasteiger partial charge in [-0.1, -0.05) is 45.0 Å². The number of nitrogens with zero attached hydrogens (tertiary/aromatic N) is 6. The molecule has 6 rings (SSSR count). The summed E-state index contributed by atoms with van der Waals surface area (Å²) in [4.78, 5) is 86.1. The number of likely N-dealkylation sites (N-methyl/N-ethyl adjacent to an activating group) is 1. The molecule has 20 heteroatoms. The Morgan fingerprint density at radius 3 is 2.03 bits per heavy atom. The van der Waals surface area contributed by atoms with E-state index in [0.717, 1.165) is 18.8 Å². The Morgan fingerprint density at radius 2 is 1.44 bits per heavy atom. The Balaban J connectivity index is 1.30. The highest BCUT2D eigenvalue weighted by atomic mass is 16.5. The van der Waals surface area contributed by atoms with E-state index in [0.29, 0.717) is 64.2 Å². The maximum atomic E-state index is 14.8. The highest BCUT2D eigenvalue weighted by Crippen LogP contribution is 2.40. The van der Waals surface area contributed by atoms with Crippen molar-refractivity contribution in [2.45, 2.75) is 84.0 Å². The summed E-state index contributed by atoms with van der Waals surface area (Å²) in [5.74, 6) is -2.04. The standard InChI is InChI=1S/C52H69N13O7/c1-31-44(32(2)60-51(59-31)65-24-22-64(23-25-65)37-12-10-36(11-13-37)52(4,5)6)48(68)61-40(16-17-53)50(70)63(7)45-35-9-15-43(72-27-20-56)39(30-35)38-28-34(8-14-42(38)71-26-19-55)29-41(47(67)57-21-18-54)62-46(66)33(3)58-49(45)69/h8-15,28,30,33,40-41,45H,16-17,19-27,29,53,55-56H2,1-7H3,(H,57,67)(H,58,69)(H,61,68)(H,62,66)/t33-,40?,41-,45-/m0/s1. The Kier molecular flexibility index (Phi) is 18.1. The third kappa shape index (κ3) is 12.9. The van der Waals surface area contributed by atoms with Crippen LogP contribution in [0.1, 0.15) is 78.6 Å². The number of rotatable bonds is 16. The van der Waals surface area contributed by atoms with E-state index in [1.165, 1.54) is 24.4 Å². The molecule has 5 amide bonds.